The Morgan fingerprint density at radius 2 is 1.89 bits per heavy atom. The lowest BCUT2D eigenvalue weighted by Gasteiger charge is -2.26. The van der Waals surface area contributed by atoms with Crippen LogP contribution in [0.25, 0.3) is 0 Å². The first kappa shape index (κ1) is 13.7. The van der Waals surface area contributed by atoms with Gasteiger partial charge in [0.25, 0.3) is 0 Å². The van der Waals surface area contributed by atoms with Crippen molar-refractivity contribution in [2.75, 3.05) is 0 Å². The summed E-state index contributed by atoms with van der Waals surface area (Å²) in [5.41, 5.74) is 0.499. The second-order valence-corrected chi connectivity index (χ2v) is 5.20. The number of aliphatic carboxylic acids is 1. The van der Waals surface area contributed by atoms with Crippen molar-refractivity contribution in [2.45, 2.75) is 32.1 Å². The van der Waals surface area contributed by atoms with Crippen molar-refractivity contribution in [1.29, 1.82) is 0 Å². The molecule has 19 heavy (non-hydrogen) atoms. The molecule has 0 bridgehead atoms. The maximum Gasteiger partial charge on any atom is 0.306 e. The van der Waals surface area contributed by atoms with Crippen LogP contribution in [0.1, 0.15) is 42.5 Å². The van der Waals surface area contributed by atoms with Crippen LogP contribution in [0.2, 0.25) is 0 Å². The summed E-state index contributed by atoms with van der Waals surface area (Å²) in [7, 11) is 0. The number of rotatable bonds is 4. The van der Waals surface area contributed by atoms with Crippen LogP contribution in [0.15, 0.2) is 24.3 Å². The quantitative estimate of drug-likeness (QED) is 0.849. The lowest BCUT2D eigenvalue weighted by atomic mass is 9.78. The van der Waals surface area contributed by atoms with Crippen molar-refractivity contribution >= 4 is 11.8 Å². The molecule has 1 fully saturated rings. The lowest BCUT2D eigenvalue weighted by Crippen LogP contribution is -2.24. The van der Waals surface area contributed by atoms with Crippen LogP contribution in [-0.2, 0) is 4.79 Å². The van der Waals surface area contributed by atoms with Crippen LogP contribution in [-0.4, -0.2) is 16.9 Å². The number of hydrogen-bond acceptors (Lipinski definition) is 2. The third kappa shape index (κ3) is 3.63. The topological polar surface area (TPSA) is 54.4 Å². The average Bonchev–Trinajstić information content (AvgIpc) is 2.39. The highest BCUT2D eigenvalue weighted by molar-refractivity contribution is 5.96. The summed E-state index contributed by atoms with van der Waals surface area (Å²) in [5.74, 6) is -1.35. The second kappa shape index (κ2) is 5.95. The molecule has 1 saturated carbocycles. The Morgan fingerprint density at radius 3 is 2.53 bits per heavy atom. The largest absolute Gasteiger partial charge is 0.481 e. The lowest BCUT2D eigenvalue weighted by molar-refractivity contribution is -0.143. The molecule has 1 N–H and O–H groups in total. The molecule has 2 atom stereocenters. The summed E-state index contributed by atoms with van der Waals surface area (Å²) >= 11 is 0. The highest BCUT2D eigenvalue weighted by atomic mass is 19.1. The van der Waals surface area contributed by atoms with Crippen LogP contribution in [0.3, 0.4) is 0 Å². The van der Waals surface area contributed by atoms with Gasteiger partial charge in [-0.25, -0.2) is 4.39 Å². The normalized spacial score (nSPS) is 23.0. The molecule has 102 valence electrons. The van der Waals surface area contributed by atoms with Crippen molar-refractivity contribution in [3.05, 3.63) is 35.6 Å². The summed E-state index contributed by atoms with van der Waals surface area (Å²) in [5, 5.41) is 9.01. The number of Topliss-reactive ketones (excluding diaryl/α,β-unsaturated/α-hetero) is 1. The molecule has 0 heterocycles. The van der Waals surface area contributed by atoms with Gasteiger partial charge in [-0.1, -0.05) is 6.42 Å². The fraction of sp³-hybridized carbons (Fsp3) is 0.467. The molecule has 1 aliphatic carbocycles. The van der Waals surface area contributed by atoms with Crippen molar-refractivity contribution < 1.29 is 19.1 Å². The van der Waals surface area contributed by atoms with E-state index in [-0.39, 0.29) is 23.4 Å². The number of carboxylic acids is 1. The van der Waals surface area contributed by atoms with E-state index < -0.39 is 5.97 Å². The van der Waals surface area contributed by atoms with Crippen LogP contribution in [0, 0.1) is 17.7 Å². The molecule has 3 nitrogen and oxygen atoms in total. The minimum Gasteiger partial charge on any atom is -0.481 e. The van der Waals surface area contributed by atoms with Crippen LogP contribution in [0.5, 0.6) is 0 Å². The van der Waals surface area contributed by atoms with Gasteiger partial charge in [0.05, 0.1) is 5.92 Å². The summed E-state index contributed by atoms with van der Waals surface area (Å²) in [4.78, 5) is 23.0. The third-order valence-corrected chi connectivity index (χ3v) is 3.77. The Morgan fingerprint density at radius 1 is 1.21 bits per heavy atom. The number of halogens is 1. The van der Waals surface area contributed by atoms with Gasteiger partial charge in [-0.2, -0.15) is 0 Å². The standard InChI is InChI=1S/C15H17FO3/c16-13-6-4-11(5-7-13)14(17)9-10-2-1-3-12(8-10)15(18)19/h4-7,10,12H,1-3,8-9H2,(H,18,19)/t10-,12+/m0/s1. The highest BCUT2D eigenvalue weighted by Crippen LogP contribution is 2.32. The molecule has 0 radical (unpaired) electrons. The van der Waals surface area contributed by atoms with E-state index in [9.17, 15) is 14.0 Å². The van der Waals surface area contributed by atoms with E-state index in [2.05, 4.69) is 0 Å². The monoisotopic (exact) mass is 264 g/mol. The molecule has 1 aromatic carbocycles. The van der Waals surface area contributed by atoms with Gasteiger partial charge >= 0.3 is 5.97 Å². The van der Waals surface area contributed by atoms with Gasteiger partial charge in [0.1, 0.15) is 5.82 Å². The van der Waals surface area contributed by atoms with Crippen molar-refractivity contribution in [2.24, 2.45) is 11.8 Å². The maximum absolute atomic E-state index is 12.8. The Bertz CT molecular complexity index is 467. The zero-order chi connectivity index (χ0) is 13.8. The predicted molar refractivity (Wildman–Crippen MR) is 68.4 cm³/mol. The summed E-state index contributed by atoms with van der Waals surface area (Å²) in [6.07, 6.45) is 3.39. The fourth-order valence-corrected chi connectivity index (χ4v) is 2.72. The Kier molecular flexibility index (Phi) is 4.30. The third-order valence-electron chi connectivity index (χ3n) is 3.77. The highest BCUT2D eigenvalue weighted by Gasteiger charge is 2.28. The smallest absolute Gasteiger partial charge is 0.306 e. The van der Waals surface area contributed by atoms with Gasteiger partial charge in [-0.15, -0.1) is 0 Å². The number of benzene rings is 1. The molecule has 0 aromatic heterocycles. The molecule has 2 rings (SSSR count). The van der Waals surface area contributed by atoms with Crippen LogP contribution < -0.4 is 0 Å². The van der Waals surface area contributed by atoms with Crippen molar-refractivity contribution in [3.63, 3.8) is 0 Å². The van der Waals surface area contributed by atoms with Gasteiger partial charge < -0.3 is 5.11 Å². The Balaban J connectivity index is 1.95. The Hall–Kier alpha value is -1.71. The number of ketones is 1. The summed E-state index contributed by atoms with van der Waals surface area (Å²) < 4.78 is 12.8. The number of carboxylic acid groups (broad SMARTS) is 1. The zero-order valence-electron chi connectivity index (χ0n) is 10.6. The number of carbonyl (C=O) groups is 2. The van der Waals surface area contributed by atoms with E-state index in [1.54, 1.807) is 0 Å². The first-order chi connectivity index (χ1) is 9.06. The molecule has 0 amide bonds. The van der Waals surface area contributed by atoms with E-state index >= 15 is 0 Å². The molecule has 1 aliphatic rings. The SMILES string of the molecule is O=C(C[C@H]1CCC[C@@H](C(=O)O)C1)c1ccc(F)cc1. The van der Waals surface area contributed by atoms with Gasteiger partial charge in [0.15, 0.2) is 5.78 Å². The molecule has 0 saturated heterocycles. The first-order valence-electron chi connectivity index (χ1n) is 6.58. The van der Waals surface area contributed by atoms with E-state index in [0.29, 0.717) is 24.8 Å². The number of carbonyl (C=O) groups excluding carboxylic acids is 1. The molecule has 1 aromatic rings. The minimum absolute atomic E-state index is 0.0314. The van der Waals surface area contributed by atoms with E-state index in [0.717, 1.165) is 12.8 Å². The molecular formula is C15H17FO3. The van der Waals surface area contributed by atoms with Crippen molar-refractivity contribution in [1.82, 2.24) is 0 Å². The van der Waals surface area contributed by atoms with Crippen molar-refractivity contribution in [3.8, 4) is 0 Å². The van der Waals surface area contributed by atoms with E-state index in [1.807, 2.05) is 0 Å². The average molecular weight is 264 g/mol. The Labute approximate surface area is 111 Å². The molecule has 4 heteroatoms. The summed E-state index contributed by atoms with van der Waals surface area (Å²) in [6, 6.07) is 5.51. The van der Waals surface area contributed by atoms with Gasteiger partial charge in [0, 0.05) is 12.0 Å². The minimum atomic E-state index is -0.765. The maximum atomic E-state index is 12.8. The fourth-order valence-electron chi connectivity index (χ4n) is 2.72. The van der Waals surface area contributed by atoms with Crippen LogP contribution >= 0.6 is 0 Å². The molecular weight excluding hydrogens is 247 g/mol. The predicted octanol–water partition coefficient (Wildman–Crippen LogP) is 3.29. The zero-order valence-corrected chi connectivity index (χ0v) is 10.6. The molecule has 0 aliphatic heterocycles. The second-order valence-electron chi connectivity index (χ2n) is 5.20. The molecule has 0 unspecified atom stereocenters. The molecule has 0 spiro atoms. The first-order valence-corrected chi connectivity index (χ1v) is 6.58. The van der Waals surface area contributed by atoms with Crippen LogP contribution in [0.4, 0.5) is 4.39 Å². The van der Waals surface area contributed by atoms with Gasteiger partial charge in [0.2, 0.25) is 0 Å². The number of hydrogen-bond donors (Lipinski definition) is 1. The van der Waals surface area contributed by atoms with E-state index in [4.69, 9.17) is 5.11 Å². The van der Waals surface area contributed by atoms with E-state index in [1.165, 1.54) is 24.3 Å². The van der Waals surface area contributed by atoms with Gasteiger partial charge in [-0.05, 0) is 49.4 Å². The van der Waals surface area contributed by atoms with Gasteiger partial charge in [-0.3, -0.25) is 9.59 Å². The summed E-state index contributed by atoms with van der Waals surface area (Å²) in [6.45, 7) is 0.